The maximum atomic E-state index is 15.0. The molecule has 0 saturated carbocycles. The number of anilines is 2. The molecule has 3 heterocycles. The fourth-order valence-electron chi connectivity index (χ4n) is 5.42. The van der Waals surface area contributed by atoms with Crippen LogP contribution in [0.25, 0.3) is 0 Å². The molecule has 0 bridgehead atoms. The van der Waals surface area contributed by atoms with E-state index in [1.165, 1.54) is 6.07 Å². The van der Waals surface area contributed by atoms with E-state index < -0.39 is 11.6 Å². The summed E-state index contributed by atoms with van der Waals surface area (Å²) in [5.41, 5.74) is 0.633. The van der Waals surface area contributed by atoms with E-state index in [1.54, 1.807) is 12.1 Å². The predicted octanol–water partition coefficient (Wildman–Crippen LogP) is 3.25. The van der Waals surface area contributed by atoms with Crippen molar-refractivity contribution in [2.75, 3.05) is 42.9 Å². The molecule has 0 aromatic heterocycles. The third-order valence-electron chi connectivity index (χ3n) is 7.43. The Morgan fingerprint density at radius 2 is 1.78 bits per heavy atom. The molecule has 1 aromatic carbocycles. The molecule has 3 amide bonds. The van der Waals surface area contributed by atoms with E-state index >= 15 is 0 Å². The number of piperidine rings is 3. The quantitative estimate of drug-likeness (QED) is 0.498. The van der Waals surface area contributed by atoms with Crippen molar-refractivity contribution in [3.8, 4) is 0 Å². The average Bonchev–Trinajstić information content (AvgIpc) is 2.84. The number of hydrogen-bond donors (Lipinski definition) is 3. The van der Waals surface area contributed by atoms with Gasteiger partial charge in [-0.15, -0.1) is 0 Å². The monoisotopic (exact) mass is 517 g/mol. The number of carbonyl (C=O) groups is 3. The average molecular weight is 518 g/mol. The topological polar surface area (TPSA) is 103 Å². The molecule has 37 heavy (non-hydrogen) atoms. The minimum absolute atomic E-state index is 0.271. The molecule has 204 valence electrons. The molecule has 0 radical (unpaired) electrons. The van der Waals surface area contributed by atoms with E-state index in [0.717, 1.165) is 51.9 Å². The van der Waals surface area contributed by atoms with Crippen molar-refractivity contribution in [1.82, 2.24) is 15.5 Å². The summed E-state index contributed by atoms with van der Waals surface area (Å²) in [5.74, 6) is -0.488. The number of carbonyl (C=O) groups excluding carboxylic acids is 3. The number of ether oxygens (including phenoxy) is 1. The lowest BCUT2D eigenvalue weighted by Gasteiger charge is -2.42. The Morgan fingerprint density at radius 3 is 2.41 bits per heavy atom. The summed E-state index contributed by atoms with van der Waals surface area (Å²) in [4.78, 5) is 39.8. The second-order valence-corrected chi connectivity index (χ2v) is 11.4. The number of rotatable bonds is 6. The number of nitrogens with one attached hydrogen (secondary N) is 3. The van der Waals surface area contributed by atoms with Crippen LogP contribution in [0, 0.1) is 11.7 Å². The molecule has 0 spiro atoms. The second kappa shape index (κ2) is 11.7. The minimum atomic E-state index is -0.532. The number of halogens is 1. The van der Waals surface area contributed by atoms with Crippen molar-refractivity contribution in [3.63, 3.8) is 0 Å². The Kier molecular flexibility index (Phi) is 8.56. The minimum Gasteiger partial charge on any atom is -0.444 e. The number of nitrogens with zero attached hydrogens (tertiary/aromatic N) is 2. The van der Waals surface area contributed by atoms with Gasteiger partial charge in [-0.05, 0) is 90.1 Å². The van der Waals surface area contributed by atoms with Gasteiger partial charge in [-0.2, -0.15) is 0 Å². The van der Waals surface area contributed by atoms with Crippen LogP contribution in [0.4, 0.5) is 20.6 Å². The van der Waals surface area contributed by atoms with E-state index in [1.807, 2.05) is 20.8 Å². The maximum Gasteiger partial charge on any atom is 0.407 e. The van der Waals surface area contributed by atoms with Crippen molar-refractivity contribution in [2.24, 2.45) is 5.92 Å². The summed E-state index contributed by atoms with van der Waals surface area (Å²) in [6, 6.07) is 4.96. The van der Waals surface area contributed by atoms with Crippen molar-refractivity contribution in [3.05, 3.63) is 24.0 Å². The number of alkyl carbamates (subject to hydrolysis) is 1. The van der Waals surface area contributed by atoms with Gasteiger partial charge in [0, 0.05) is 37.8 Å². The van der Waals surface area contributed by atoms with Gasteiger partial charge in [0.1, 0.15) is 17.5 Å². The van der Waals surface area contributed by atoms with Crippen LogP contribution in [0.15, 0.2) is 18.2 Å². The molecule has 1 unspecified atom stereocenters. The van der Waals surface area contributed by atoms with Gasteiger partial charge in [0.25, 0.3) is 0 Å². The molecule has 3 aliphatic heterocycles. The van der Waals surface area contributed by atoms with Gasteiger partial charge < -0.3 is 25.2 Å². The number of benzene rings is 1. The molecule has 9 nitrogen and oxygen atoms in total. The molecule has 3 N–H and O–H groups in total. The lowest BCUT2D eigenvalue weighted by Crippen LogP contribution is -2.49. The number of amides is 3. The van der Waals surface area contributed by atoms with Gasteiger partial charge >= 0.3 is 6.09 Å². The van der Waals surface area contributed by atoms with Crippen LogP contribution in [-0.2, 0) is 14.3 Å². The van der Waals surface area contributed by atoms with E-state index in [0.29, 0.717) is 36.3 Å². The van der Waals surface area contributed by atoms with Gasteiger partial charge in [-0.3, -0.25) is 14.9 Å². The highest BCUT2D eigenvalue weighted by molar-refractivity contribution is 6.01. The van der Waals surface area contributed by atoms with Crippen molar-refractivity contribution < 1.29 is 23.5 Å². The number of likely N-dealkylation sites (tertiary alicyclic amines) is 1. The van der Waals surface area contributed by atoms with Crippen LogP contribution >= 0.6 is 0 Å². The predicted molar refractivity (Wildman–Crippen MR) is 140 cm³/mol. The zero-order valence-corrected chi connectivity index (χ0v) is 22.1. The first-order chi connectivity index (χ1) is 17.6. The molecular formula is C27H40FN5O4. The summed E-state index contributed by atoms with van der Waals surface area (Å²) in [7, 11) is 0. The van der Waals surface area contributed by atoms with E-state index in [2.05, 4.69) is 25.8 Å². The highest BCUT2D eigenvalue weighted by atomic mass is 19.1. The first kappa shape index (κ1) is 27.2. The van der Waals surface area contributed by atoms with Crippen LogP contribution in [0.1, 0.15) is 59.3 Å². The lowest BCUT2D eigenvalue weighted by molar-refractivity contribution is -0.133. The Hall–Kier alpha value is -2.88. The summed E-state index contributed by atoms with van der Waals surface area (Å²) >= 11 is 0. The van der Waals surface area contributed by atoms with E-state index in [4.69, 9.17) is 4.74 Å². The van der Waals surface area contributed by atoms with Crippen LogP contribution in [0.3, 0.4) is 0 Å². The SMILES string of the molecule is CC(C)(C)OC(=O)NCC1CCN(C2CCN(c3ccc(NC4CCC(=O)NC4=O)cc3F)CC2)CC1. The van der Waals surface area contributed by atoms with Crippen LogP contribution < -0.4 is 20.9 Å². The molecular weight excluding hydrogens is 477 g/mol. The van der Waals surface area contributed by atoms with Gasteiger partial charge in [-0.25, -0.2) is 9.18 Å². The summed E-state index contributed by atoms with van der Waals surface area (Å²) < 4.78 is 20.3. The Morgan fingerprint density at radius 1 is 1.08 bits per heavy atom. The molecule has 1 atom stereocenters. The summed E-state index contributed by atoms with van der Waals surface area (Å²) in [6.45, 7) is 9.85. The molecule has 10 heteroatoms. The fourth-order valence-corrected chi connectivity index (χ4v) is 5.42. The highest BCUT2D eigenvalue weighted by Gasteiger charge is 2.30. The lowest BCUT2D eigenvalue weighted by atomic mass is 9.93. The standard InChI is InChI=1S/C27H40FN5O4/c1-27(2,3)37-26(36)29-17-18-8-12-32(13-9-18)20-10-14-33(15-11-20)23-6-4-19(16-21(23)28)30-22-5-7-24(34)31-25(22)35/h4,6,16,18,20,22,30H,5,7-15,17H2,1-3H3,(H,29,36)(H,31,34,35). The molecule has 3 aliphatic rings. The van der Waals surface area contributed by atoms with Crippen molar-refractivity contribution in [2.45, 2.75) is 77.0 Å². The van der Waals surface area contributed by atoms with Gasteiger partial charge in [0.2, 0.25) is 11.8 Å². The molecule has 0 aliphatic carbocycles. The van der Waals surface area contributed by atoms with E-state index in [-0.39, 0.29) is 30.1 Å². The third-order valence-corrected chi connectivity index (χ3v) is 7.43. The largest absolute Gasteiger partial charge is 0.444 e. The van der Waals surface area contributed by atoms with Crippen LogP contribution in [0.2, 0.25) is 0 Å². The third kappa shape index (κ3) is 7.56. The van der Waals surface area contributed by atoms with Crippen molar-refractivity contribution in [1.29, 1.82) is 0 Å². The molecule has 3 saturated heterocycles. The maximum absolute atomic E-state index is 15.0. The van der Waals surface area contributed by atoms with Gasteiger partial charge in [-0.1, -0.05) is 0 Å². The number of hydrogen-bond acceptors (Lipinski definition) is 7. The normalized spacial score (nSPS) is 22.5. The number of imide groups is 1. The van der Waals surface area contributed by atoms with Gasteiger partial charge in [0.05, 0.1) is 5.69 Å². The first-order valence-electron chi connectivity index (χ1n) is 13.4. The van der Waals surface area contributed by atoms with Gasteiger partial charge in [0.15, 0.2) is 0 Å². The van der Waals surface area contributed by atoms with Crippen LogP contribution in [0.5, 0.6) is 0 Å². The second-order valence-electron chi connectivity index (χ2n) is 11.4. The summed E-state index contributed by atoms with van der Waals surface area (Å²) in [5, 5.41) is 8.26. The smallest absolute Gasteiger partial charge is 0.407 e. The zero-order valence-electron chi connectivity index (χ0n) is 22.1. The highest BCUT2D eigenvalue weighted by Crippen LogP contribution is 2.29. The Balaban J connectivity index is 1.20. The van der Waals surface area contributed by atoms with E-state index in [9.17, 15) is 18.8 Å². The molecule has 1 aromatic rings. The fraction of sp³-hybridized carbons (Fsp3) is 0.667. The molecule has 4 rings (SSSR count). The molecule has 3 fully saturated rings. The van der Waals surface area contributed by atoms with Crippen LogP contribution in [-0.4, -0.2) is 73.2 Å². The Bertz CT molecular complexity index is 981. The zero-order chi connectivity index (χ0) is 26.6. The van der Waals surface area contributed by atoms with Crippen molar-refractivity contribution >= 4 is 29.3 Å². The first-order valence-corrected chi connectivity index (χ1v) is 13.4. The Labute approximate surface area is 218 Å². The summed E-state index contributed by atoms with van der Waals surface area (Å²) in [6.07, 6.45) is 4.39.